The largest absolute Gasteiger partial charge is 0.741 e. The summed E-state index contributed by atoms with van der Waals surface area (Å²) in [6.45, 7) is 6.62. The van der Waals surface area contributed by atoms with E-state index < -0.39 is 15.6 Å². The number of alkyl halides is 3. The minimum Gasteiger partial charge on any atom is -0.741 e. The highest BCUT2D eigenvalue weighted by molar-refractivity contribution is 7.86. The van der Waals surface area contributed by atoms with Crippen LogP contribution in [0.2, 0.25) is 0 Å². The Hall–Kier alpha value is -0.340. The van der Waals surface area contributed by atoms with Gasteiger partial charge in [0, 0.05) is 12.8 Å². The highest BCUT2D eigenvalue weighted by atomic mass is 32.2. The topological polar surface area (TPSA) is 57.2 Å². The van der Waals surface area contributed by atoms with Crippen LogP contribution in [0.3, 0.4) is 0 Å². The van der Waals surface area contributed by atoms with Gasteiger partial charge in [-0.2, -0.15) is 13.2 Å². The Morgan fingerprint density at radius 2 is 1.19 bits per heavy atom. The lowest BCUT2D eigenvalue weighted by Gasteiger charge is -2.29. The third-order valence-corrected chi connectivity index (χ3v) is 5.55. The summed E-state index contributed by atoms with van der Waals surface area (Å²) in [5, 5.41) is 0. The van der Waals surface area contributed by atoms with Crippen molar-refractivity contribution < 1.29 is 30.6 Å². The molecule has 0 atom stereocenters. The van der Waals surface area contributed by atoms with Gasteiger partial charge in [-0.3, -0.25) is 0 Å². The molecular formula is C18H36F3NO3S. The number of halogens is 3. The zero-order chi connectivity index (χ0) is 20.1. The first-order chi connectivity index (χ1) is 12.0. The highest BCUT2D eigenvalue weighted by Gasteiger charge is 2.36. The highest BCUT2D eigenvalue weighted by Crippen LogP contribution is 2.20. The van der Waals surface area contributed by atoms with Crippen molar-refractivity contribution in [2.75, 3.05) is 26.7 Å². The Morgan fingerprint density at radius 3 is 1.54 bits per heavy atom. The Labute approximate surface area is 157 Å². The number of quaternary nitrogens is 1. The summed E-state index contributed by atoms with van der Waals surface area (Å²) < 4.78 is 60.3. The second-order valence-corrected chi connectivity index (χ2v) is 8.95. The molecule has 8 heteroatoms. The van der Waals surface area contributed by atoms with Gasteiger partial charge in [0.15, 0.2) is 10.1 Å². The summed E-state index contributed by atoms with van der Waals surface area (Å²) in [4.78, 5) is 0. The zero-order valence-electron chi connectivity index (χ0n) is 16.3. The fraction of sp³-hybridized carbons (Fsp3) is 1.00. The van der Waals surface area contributed by atoms with Crippen LogP contribution in [-0.2, 0) is 10.1 Å². The second kappa shape index (κ2) is 12.9. The van der Waals surface area contributed by atoms with Gasteiger partial charge in [-0.1, -0.05) is 58.3 Å². The molecule has 0 amide bonds. The van der Waals surface area contributed by atoms with Gasteiger partial charge < -0.3 is 9.04 Å². The number of hydrogen-bond donors (Lipinski definition) is 0. The first-order valence-electron chi connectivity index (χ1n) is 9.87. The Balaban J connectivity index is 0.000000660. The van der Waals surface area contributed by atoms with E-state index in [0.717, 1.165) is 0 Å². The van der Waals surface area contributed by atoms with E-state index in [0.29, 0.717) is 0 Å². The molecule has 0 saturated carbocycles. The fourth-order valence-corrected chi connectivity index (χ4v) is 3.30. The maximum Gasteiger partial charge on any atom is 0.485 e. The monoisotopic (exact) mass is 403 g/mol. The molecule has 158 valence electrons. The van der Waals surface area contributed by atoms with Gasteiger partial charge in [0.05, 0.1) is 26.7 Å². The van der Waals surface area contributed by atoms with Crippen molar-refractivity contribution in [3.63, 3.8) is 0 Å². The summed E-state index contributed by atoms with van der Waals surface area (Å²) >= 11 is 0. The van der Waals surface area contributed by atoms with Crippen LogP contribution < -0.4 is 0 Å². The van der Waals surface area contributed by atoms with E-state index in [1.54, 1.807) is 0 Å². The number of likely N-dealkylation sites (tertiary alicyclic amines) is 1. The molecule has 1 saturated heterocycles. The maximum absolute atomic E-state index is 10.7. The fourth-order valence-electron chi connectivity index (χ4n) is 3.30. The lowest BCUT2D eigenvalue weighted by Crippen LogP contribution is -2.41. The molecule has 0 aliphatic carbocycles. The van der Waals surface area contributed by atoms with Crippen molar-refractivity contribution in [1.29, 1.82) is 0 Å². The van der Waals surface area contributed by atoms with Gasteiger partial charge in [-0.25, -0.2) is 8.42 Å². The molecule has 0 aromatic carbocycles. The first-order valence-corrected chi connectivity index (χ1v) is 11.3. The van der Waals surface area contributed by atoms with Crippen molar-refractivity contribution in [2.45, 2.75) is 89.5 Å². The number of unbranched alkanes of at least 4 members (excludes halogenated alkanes) is 9. The molecule has 0 radical (unpaired) electrons. The van der Waals surface area contributed by atoms with Crippen LogP contribution in [0.25, 0.3) is 0 Å². The molecule has 4 nitrogen and oxygen atoms in total. The Bertz CT molecular complexity index is 447. The lowest BCUT2D eigenvalue weighted by atomic mass is 10.1. The van der Waals surface area contributed by atoms with Crippen LogP contribution in [0.4, 0.5) is 13.2 Å². The molecule has 0 aromatic rings. The first kappa shape index (κ1) is 25.7. The van der Waals surface area contributed by atoms with Gasteiger partial charge in [0.1, 0.15) is 0 Å². The molecule has 1 fully saturated rings. The molecule has 0 N–H and O–H groups in total. The van der Waals surface area contributed by atoms with Gasteiger partial charge in [-0.15, -0.1) is 0 Å². The summed E-state index contributed by atoms with van der Waals surface area (Å²) in [7, 11) is -3.63. The molecule has 1 rings (SSSR count). The summed E-state index contributed by atoms with van der Waals surface area (Å²) in [5.74, 6) is 0. The van der Waals surface area contributed by atoms with Crippen molar-refractivity contribution in [3.8, 4) is 0 Å². The SMILES string of the molecule is CCCCCCCCCCCC[N+]1(C)CCCC1.O=S(=O)([O-])C(F)(F)F. The van der Waals surface area contributed by atoms with Crippen LogP contribution in [0.5, 0.6) is 0 Å². The smallest absolute Gasteiger partial charge is 0.485 e. The predicted molar refractivity (Wildman–Crippen MR) is 97.6 cm³/mol. The van der Waals surface area contributed by atoms with Crippen molar-refractivity contribution in [1.82, 2.24) is 0 Å². The van der Waals surface area contributed by atoms with E-state index in [9.17, 15) is 13.2 Å². The van der Waals surface area contributed by atoms with Gasteiger partial charge in [-0.05, 0) is 12.8 Å². The minimum absolute atomic E-state index is 1.37. The standard InChI is InChI=1S/C17H36N.CHF3O3S/c1-3-4-5-6-7-8-9-10-11-12-15-18(2)16-13-14-17-18;2-1(3,4)8(5,6)7/h3-17H2,1-2H3;(H,5,6,7)/q+1;/p-1. The molecule has 1 aliphatic rings. The summed E-state index contributed by atoms with van der Waals surface area (Å²) in [5.41, 5.74) is -5.65. The summed E-state index contributed by atoms with van der Waals surface area (Å²) in [6, 6.07) is 0. The van der Waals surface area contributed by atoms with Crippen LogP contribution in [-0.4, -0.2) is 49.6 Å². The van der Waals surface area contributed by atoms with E-state index in [-0.39, 0.29) is 0 Å². The Kier molecular flexibility index (Phi) is 12.8. The minimum atomic E-state index is -6.09. The Morgan fingerprint density at radius 1 is 0.846 bits per heavy atom. The van der Waals surface area contributed by atoms with Crippen molar-refractivity contribution in [2.24, 2.45) is 0 Å². The van der Waals surface area contributed by atoms with E-state index in [1.807, 2.05) is 0 Å². The number of nitrogens with zero attached hydrogens (tertiary/aromatic N) is 1. The predicted octanol–water partition coefficient (Wildman–Crippen LogP) is 5.20. The van der Waals surface area contributed by atoms with E-state index in [2.05, 4.69) is 14.0 Å². The van der Waals surface area contributed by atoms with Gasteiger partial charge >= 0.3 is 5.51 Å². The molecule has 1 heterocycles. The molecular weight excluding hydrogens is 367 g/mol. The molecule has 1 aliphatic heterocycles. The average molecular weight is 404 g/mol. The van der Waals surface area contributed by atoms with Crippen LogP contribution >= 0.6 is 0 Å². The molecule has 0 unspecified atom stereocenters. The molecule has 0 spiro atoms. The van der Waals surface area contributed by atoms with Crippen molar-refractivity contribution >= 4 is 10.1 Å². The average Bonchev–Trinajstić information content (AvgIpc) is 2.95. The molecule has 0 bridgehead atoms. The number of rotatable bonds is 11. The van der Waals surface area contributed by atoms with E-state index >= 15 is 0 Å². The molecule has 26 heavy (non-hydrogen) atoms. The second-order valence-electron chi connectivity index (χ2n) is 7.58. The maximum atomic E-state index is 10.7. The normalized spacial score (nSPS) is 17.0. The van der Waals surface area contributed by atoms with Gasteiger partial charge in [0.2, 0.25) is 0 Å². The zero-order valence-corrected chi connectivity index (χ0v) is 17.1. The third kappa shape index (κ3) is 12.9. The van der Waals surface area contributed by atoms with Crippen LogP contribution in [0, 0.1) is 0 Å². The number of hydrogen-bond acceptors (Lipinski definition) is 3. The van der Waals surface area contributed by atoms with Crippen LogP contribution in [0.1, 0.15) is 84.0 Å². The lowest BCUT2D eigenvalue weighted by molar-refractivity contribution is -0.897. The van der Waals surface area contributed by atoms with Crippen LogP contribution in [0.15, 0.2) is 0 Å². The van der Waals surface area contributed by atoms with Gasteiger partial charge in [0.25, 0.3) is 0 Å². The third-order valence-electron chi connectivity index (χ3n) is 4.98. The molecule has 0 aromatic heterocycles. The van der Waals surface area contributed by atoms with E-state index in [4.69, 9.17) is 13.0 Å². The quantitative estimate of drug-likeness (QED) is 0.206. The summed E-state index contributed by atoms with van der Waals surface area (Å²) in [6.07, 6.45) is 17.5. The van der Waals surface area contributed by atoms with Crippen molar-refractivity contribution in [3.05, 3.63) is 0 Å². The van der Waals surface area contributed by atoms with E-state index in [1.165, 1.54) is 101 Å².